The minimum atomic E-state index is -0.759. The Morgan fingerprint density at radius 2 is 1.61 bits per heavy atom. The fourth-order valence-corrected chi connectivity index (χ4v) is 3.70. The van der Waals surface area contributed by atoms with E-state index >= 15 is 0 Å². The van der Waals surface area contributed by atoms with Crippen LogP contribution < -0.4 is 5.32 Å². The Balaban J connectivity index is 1.80. The van der Waals surface area contributed by atoms with Crippen LogP contribution in [0, 0.1) is 11.6 Å². The zero-order valence-electron chi connectivity index (χ0n) is 13.7. The highest BCUT2D eigenvalue weighted by Crippen LogP contribution is 2.26. The molecule has 3 nitrogen and oxygen atoms in total. The molecule has 2 aliphatic heterocycles. The minimum absolute atomic E-state index is 0.154. The van der Waals surface area contributed by atoms with Crippen molar-refractivity contribution < 1.29 is 8.78 Å². The second-order valence-electron chi connectivity index (χ2n) is 6.69. The Morgan fingerprint density at radius 1 is 0.913 bits per heavy atom. The Bertz CT molecular complexity index is 495. The summed E-state index contributed by atoms with van der Waals surface area (Å²) in [7, 11) is 0. The molecular weight excluding hydrogens is 296 g/mol. The van der Waals surface area contributed by atoms with Crippen LogP contribution in [0.25, 0.3) is 0 Å². The van der Waals surface area contributed by atoms with Crippen molar-refractivity contribution in [2.24, 2.45) is 0 Å². The average molecular weight is 323 g/mol. The van der Waals surface area contributed by atoms with E-state index in [1.807, 2.05) is 0 Å². The van der Waals surface area contributed by atoms with Crippen molar-refractivity contribution in [1.29, 1.82) is 0 Å². The van der Waals surface area contributed by atoms with E-state index in [-0.39, 0.29) is 6.04 Å². The first-order chi connectivity index (χ1) is 11.2. The van der Waals surface area contributed by atoms with Crippen molar-refractivity contribution in [1.82, 2.24) is 15.1 Å². The highest BCUT2D eigenvalue weighted by atomic mass is 19.2. The molecule has 2 aliphatic rings. The number of hydrogen-bond acceptors (Lipinski definition) is 3. The summed E-state index contributed by atoms with van der Waals surface area (Å²) < 4.78 is 27.1. The first kappa shape index (κ1) is 16.8. The molecule has 5 heteroatoms. The molecule has 0 aromatic heterocycles. The number of benzene rings is 1. The minimum Gasteiger partial charge on any atom is -0.314 e. The number of halogens is 2. The van der Waals surface area contributed by atoms with Gasteiger partial charge < -0.3 is 5.32 Å². The van der Waals surface area contributed by atoms with Gasteiger partial charge in [-0.3, -0.25) is 9.80 Å². The fraction of sp³-hybridized carbons (Fsp3) is 0.667. The van der Waals surface area contributed by atoms with E-state index in [9.17, 15) is 8.78 Å². The third-order valence-electron chi connectivity index (χ3n) is 5.05. The Hall–Kier alpha value is -1.04. The van der Waals surface area contributed by atoms with Crippen molar-refractivity contribution in [3.05, 3.63) is 35.4 Å². The van der Waals surface area contributed by atoms with E-state index < -0.39 is 11.6 Å². The Kier molecular flexibility index (Phi) is 5.97. The van der Waals surface area contributed by atoms with Gasteiger partial charge in [0.1, 0.15) is 0 Å². The maximum Gasteiger partial charge on any atom is 0.159 e. The monoisotopic (exact) mass is 323 g/mol. The second kappa shape index (κ2) is 8.18. The zero-order chi connectivity index (χ0) is 16.1. The third-order valence-corrected chi connectivity index (χ3v) is 5.05. The molecule has 2 fully saturated rings. The first-order valence-electron chi connectivity index (χ1n) is 8.86. The number of rotatable bonds is 4. The van der Waals surface area contributed by atoms with E-state index in [0.717, 1.165) is 51.4 Å². The summed E-state index contributed by atoms with van der Waals surface area (Å²) >= 11 is 0. The molecule has 1 aromatic rings. The lowest BCUT2D eigenvalue weighted by atomic mass is 10.0. The van der Waals surface area contributed by atoms with Crippen molar-refractivity contribution in [2.45, 2.75) is 31.7 Å². The highest BCUT2D eigenvalue weighted by molar-refractivity contribution is 5.22. The number of hydrogen-bond donors (Lipinski definition) is 1. The number of piperazine rings is 1. The van der Waals surface area contributed by atoms with Gasteiger partial charge in [0.25, 0.3) is 0 Å². The van der Waals surface area contributed by atoms with E-state index in [1.165, 1.54) is 37.8 Å². The van der Waals surface area contributed by atoms with Crippen LogP contribution in [0.5, 0.6) is 0 Å². The van der Waals surface area contributed by atoms with Gasteiger partial charge in [0, 0.05) is 38.8 Å². The lowest BCUT2D eigenvalue weighted by molar-refractivity contribution is 0.132. The molecular formula is C18H27F2N3. The van der Waals surface area contributed by atoms with Crippen LogP contribution >= 0.6 is 0 Å². The molecule has 0 aliphatic carbocycles. The third kappa shape index (κ3) is 4.49. The smallest absolute Gasteiger partial charge is 0.159 e. The molecule has 128 valence electrons. The van der Waals surface area contributed by atoms with Gasteiger partial charge in [-0.05, 0) is 43.6 Å². The molecule has 0 saturated carbocycles. The molecule has 1 unspecified atom stereocenters. The predicted octanol–water partition coefficient (Wildman–Crippen LogP) is 2.79. The molecule has 1 N–H and O–H groups in total. The van der Waals surface area contributed by atoms with Crippen LogP contribution in [0.4, 0.5) is 8.78 Å². The average Bonchev–Trinajstić information content (AvgIpc) is 2.85. The van der Waals surface area contributed by atoms with Gasteiger partial charge in [-0.15, -0.1) is 0 Å². The molecule has 2 heterocycles. The quantitative estimate of drug-likeness (QED) is 0.919. The summed E-state index contributed by atoms with van der Waals surface area (Å²) in [6, 6.07) is 4.58. The van der Waals surface area contributed by atoms with Crippen molar-refractivity contribution in [3.8, 4) is 0 Å². The molecule has 1 atom stereocenters. The lowest BCUT2D eigenvalue weighted by Gasteiger charge is -2.37. The van der Waals surface area contributed by atoms with Crippen LogP contribution in [0.3, 0.4) is 0 Å². The topological polar surface area (TPSA) is 18.5 Å². The maximum atomic E-state index is 13.7. The van der Waals surface area contributed by atoms with E-state index in [2.05, 4.69) is 15.1 Å². The van der Waals surface area contributed by atoms with Gasteiger partial charge >= 0.3 is 0 Å². The summed E-state index contributed by atoms with van der Waals surface area (Å²) in [5, 5.41) is 3.37. The van der Waals surface area contributed by atoms with Gasteiger partial charge in [-0.1, -0.05) is 18.9 Å². The molecule has 1 aromatic carbocycles. The summed E-state index contributed by atoms with van der Waals surface area (Å²) in [5.74, 6) is -1.49. The van der Waals surface area contributed by atoms with E-state index in [1.54, 1.807) is 6.07 Å². The van der Waals surface area contributed by atoms with Crippen molar-refractivity contribution in [2.75, 3.05) is 45.8 Å². The molecule has 0 amide bonds. The zero-order valence-corrected chi connectivity index (χ0v) is 13.7. The van der Waals surface area contributed by atoms with Crippen molar-refractivity contribution in [3.63, 3.8) is 0 Å². The SMILES string of the molecule is Fc1ccc(C(CN2CCNCC2)N2CCCCCC2)cc1F. The molecule has 0 spiro atoms. The van der Waals surface area contributed by atoms with Crippen LogP contribution in [0.15, 0.2) is 18.2 Å². The summed E-state index contributed by atoms with van der Waals surface area (Å²) in [6.07, 6.45) is 4.94. The summed E-state index contributed by atoms with van der Waals surface area (Å²) in [5.41, 5.74) is 0.907. The van der Waals surface area contributed by atoms with E-state index in [0.29, 0.717) is 0 Å². The van der Waals surface area contributed by atoms with Crippen LogP contribution in [-0.4, -0.2) is 55.6 Å². The van der Waals surface area contributed by atoms with Gasteiger partial charge in [0.2, 0.25) is 0 Å². The first-order valence-corrected chi connectivity index (χ1v) is 8.86. The van der Waals surface area contributed by atoms with Crippen LogP contribution in [0.2, 0.25) is 0 Å². The number of likely N-dealkylation sites (tertiary alicyclic amines) is 1. The van der Waals surface area contributed by atoms with Crippen LogP contribution in [-0.2, 0) is 0 Å². The van der Waals surface area contributed by atoms with Crippen LogP contribution in [0.1, 0.15) is 37.3 Å². The van der Waals surface area contributed by atoms with E-state index in [4.69, 9.17) is 0 Å². The molecule has 3 rings (SSSR count). The summed E-state index contributed by atoms with van der Waals surface area (Å²) in [6.45, 7) is 7.05. The number of nitrogens with one attached hydrogen (secondary N) is 1. The molecule has 23 heavy (non-hydrogen) atoms. The summed E-state index contributed by atoms with van der Waals surface area (Å²) in [4.78, 5) is 4.91. The largest absolute Gasteiger partial charge is 0.314 e. The Morgan fingerprint density at radius 3 is 2.26 bits per heavy atom. The predicted molar refractivity (Wildman–Crippen MR) is 88.4 cm³/mol. The molecule has 0 bridgehead atoms. The normalized spacial score (nSPS) is 22.7. The van der Waals surface area contributed by atoms with Crippen molar-refractivity contribution >= 4 is 0 Å². The van der Waals surface area contributed by atoms with Gasteiger partial charge in [-0.2, -0.15) is 0 Å². The molecule has 2 saturated heterocycles. The molecule has 0 radical (unpaired) electrons. The Labute approximate surface area is 137 Å². The maximum absolute atomic E-state index is 13.7. The second-order valence-corrected chi connectivity index (χ2v) is 6.69. The highest BCUT2D eigenvalue weighted by Gasteiger charge is 2.25. The fourth-order valence-electron chi connectivity index (χ4n) is 3.70. The lowest BCUT2D eigenvalue weighted by Crippen LogP contribution is -2.47. The van der Waals surface area contributed by atoms with Gasteiger partial charge in [0.15, 0.2) is 11.6 Å². The standard InChI is InChI=1S/C18H27F2N3/c19-16-6-5-15(13-17(16)20)18(14-22-11-7-21-8-12-22)23-9-3-1-2-4-10-23/h5-6,13,18,21H,1-4,7-12,14H2. The number of nitrogens with zero attached hydrogens (tertiary/aromatic N) is 2. The van der Waals surface area contributed by atoms with Gasteiger partial charge in [-0.25, -0.2) is 8.78 Å². The van der Waals surface area contributed by atoms with Gasteiger partial charge in [0.05, 0.1) is 0 Å².